The molecule has 0 unspecified atom stereocenters. The number of benzene rings is 2. The number of H-pyrrole nitrogens is 1. The number of nitrogens with zero attached hydrogens (tertiary/aromatic N) is 3. The number of halogens is 2. The Hall–Kier alpha value is -3.04. The second kappa shape index (κ2) is 7.66. The van der Waals surface area contributed by atoms with Crippen LogP contribution in [-0.2, 0) is 5.75 Å². The Morgan fingerprint density at radius 2 is 1.83 bits per heavy atom. The standard InChI is InChI=1S/C21H14F2N4OS2/c22-20(23)27-15-9-5-4-8-14(15)24-21(27)30-11-16-25-18(28)17-13(10-29-19(17)26-16)12-6-2-1-3-7-12/h1-10,20H,11H2,(H,25,26,28). The summed E-state index contributed by atoms with van der Waals surface area (Å²) in [5.74, 6) is 0.645. The molecule has 5 rings (SSSR count). The number of hydrogen-bond acceptors (Lipinski definition) is 5. The van der Waals surface area contributed by atoms with Gasteiger partial charge >= 0.3 is 6.55 Å². The molecule has 0 spiro atoms. The molecule has 0 aliphatic heterocycles. The van der Waals surface area contributed by atoms with Gasteiger partial charge in [-0.1, -0.05) is 54.2 Å². The van der Waals surface area contributed by atoms with Crippen LogP contribution in [0.15, 0.2) is 69.9 Å². The fraction of sp³-hybridized carbons (Fsp3) is 0.0952. The van der Waals surface area contributed by atoms with Crippen molar-refractivity contribution in [1.29, 1.82) is 0 Å². The van der Waals surface area contributed by atoms with Crippen molar-refractivity contribution in [1.82, 2.24) is 19.5 Å². The van der Waals surface area contributed by atoms with E-state index in [4.69, 9.17) is 0 Å². The third-order valence-electron chi connectivity index (χ3n) is 4.67. The minimum Gasteiger partial charge on any atom is -0.309 e. The van der Waals surface area contributed by atoms with E-state index in [1.165, 1.54) is 11.3 Å². The van der Waals surface area contributed by atoms with Gasteiger partial charge in [-0.15, -0.1) is 11.3 Å². The number of fused-ring (bicyclic) bond motifs is 2. The van der Waals surface area contributed by atoms with Gasteiger partial charge in [0.25, 0.3) is 5.56 Å². The first-order valence-corrected chi connectivity index (χ1v) is 10.9. The molecule has 0 saturated heterocycles. The molecule has 5 aromatic rings. The van der Waals surface area contributed by atoms with E-state index in [0.29, 0.717) is 27.1 Å². The van der Waals surface area contributed by atoms with Gasteiger partial charge in [-0.2, -0.15) is 8.78 Å². The van der Waals surface area contributed by atoms with Crippen molar-refractivity contribution in [3.63, 3.8) is 0 Å². The molecule has 1 N–H and O–H groups in total. The van der Waals surface area contributed by atoms with Gasteiger partial charge in [0.05, 0.1) is 22.2 Å². The zero-order valence-corrected chi connectivity index (χ0v) is 17.0. The van der Waals surface area contributed by atoms with Gasteiger partial charge in [-0.05, 0) is 17.7 Å². The van der Waals surface area contributed by atoms with Crippen molar-refractivity contribution >= 4 is 44.3 Å². The molecule has 9 heteroatoms. The van der Waals surface area contributed by atoms with E-state index in [-0.39, 0.29) is 16.5 Å². The highest BCUT2D eigenvalue weighted by molar-refractivity contribution is 7.98. The van der Waals surface area contributed by atoms with Crippen LogP contribution in [0, 0.1) is 0 Å². The van der Waals surface area contributed by atoms with Gasteiger partial charge in [0.15, 0.2) is 5.16 Å². The summed E-state index contributed by atoms with van der Waals surface area (Å²) in [6.07, 6.45) is 0. The van der Waals surface area contributed by atoms with Crippen molar-refractivity contribution in [3.8, 4) is 11.1 Å². The van der Waals surface area contributed by atoms with E-state index in [9.17, 15) is 13.6 Å². The van der Waals surface area contributed by atoms with Gasteiger partial charge in [0, 0.05) is 10.9 Å². The minimum atomic E-state index is -2.71. The number of hydrogen-bond donors (Lipinski definition) is 1. The molecular formula is C21H14F2N4OS2. The number of thiophene rings is 1. The fourth-order valence-electron chi connectivity index (χ4n) is 3.34. The van der Waals surface area contributed by atoms with E-state index in [2.05, 4.69) is 15.0 Å². The van der Waals surface area contributed by atoms with Crippen LogP contribution in [-0.4, -0.2) is 19.5 Å². The summed E-state index contributed by atoms with van der Waals surface area (Å²) in [5.41, 5.74) is 2.42. The molecule has 0 saturated carbocycles. The van der Waals surface area contributed by atoms with Gasteiger partial charge in [-0.3, -0.25) is 9.36 Å². The van der Waals surface area contributed by atoms with E-state index in [1.54, 1.807) is 24.3 Å². The summed E-state index contributed by atoms with van der Waals surface area (Å²) >= 11 is 2.51. The molecule has 3 aromatic heterocycles. The first-order valence-electron chi connectivity index (χ1n) is 9.05. The third kappa shape index (κ3) is 3.29. The van der Waals surface area contributed by atoms with Crippen molar-refractivity contribution in [3.05, 3.63) is 76.2 Å². The Kier molecular flexibility index (Phi) is 4.84. The molecule has 0 amide bonds. The molecule has 3 heterocycles. The SMILES string of the molecule is O=c1[nH]c(CSc2nc3ccccc3n2C(F)F)nc2scc(-c3ccccc3)c12. The largest absolute Gasteiger partial charge is 0.321 e. The lowest BCUT2D eigenvalue weighted by Gasteiger charge is -2.07. The maximum Gasteiger partial charge on any atom is 0.321 e. The van der Waals surface area contributed by atoms with E-state index in [1.807, 2.05) is 35.7 Å². The van der Waals surface area contributed by atoms with Crippen molar-refractivity contribution in [2.75, 3.05) is 0 Å². The van der Waals surface area contributed by atoms with Gasteiger partial charge < -0.3 is 4.98 Å². The third-order valence-corrected chi connectivity index (χ3v) is 6.51. The fourth-order valence-corrected chi connectivity index (χ4v) is 5.19. The molecule has 0 fully saturated rings. The number of alkyl halides is 2. The van der Waals surface area contributed by atoms with Crippen molar-refractivity contribution in [2.24, 2.45) is 0 Å². The second-order valence-electron chi connectivity index (χ2n) is 6.53. The Morgan fingerprint density at radius 3 is 2.63 bits per heavy atom. The topological polar surface area (TPSA) is 63.6 Å². The number of para-hydroxylation sites is 2. The maximum atomic E-state index is 13.6. The smallest absolute Gasteiger partial charge is 0.309 e. The summed E-state index contributed by atoms with van der Waals surface area (Å²) < 4.78 is 28.1. The first kappa shape index (κ1) is 19.0. The van der Waals surface area contributed by atoms with Gasteiger partial charge in [0.2, 0.25) is 0 Å². The van der Waals surface area contributed by atoms with E-state index in [0.717, 1.165) is 27.5 Å². The Bertz CT molecular complexity index is 1410. The molecule has 0 aliphatic rings. The maximum absolute atomic E-state index is 13.6. The molecule has 5 nitrogen and oxygen atoms in total. The zero-order chi connectivity index (χ0) is 20.7. The second-order valence-corrected chi connectivity index (χ2v) is 8.33. The lowest BCUT2D eigenvalue weighted by Crippen LogP contribution is -2.11. The summed E-state index contributed by atoms with van der Waals surface area (Å²) in [7, 11) is 0. The molecule has 0 atom stereocenters. The molecule has 0 radical (unpaired) electrons. The number of imidazole rings is 1. The Morgan fingerprint density at radius 1 is 1.07 bits per heavy atom. The molecule has 0 aliphatic carbocycles. The normalized spacial score (nSPS) is 11.7. The molecule has 0 bridgehead atoms. The zero-order valence-electron chi connectivity index (χ0n) is 15.4. The molecule has 30 heavy (non-hydrogen) atoms. The summed E-state index contributed by atoms with van der Waals surface area (Å²) in [6, 6.07) is 16.4. The van der Waals surface area contributed by atoms with Crippen LogP contribution in [0.1, 0.15) is 12.4 Å². The summed E-state index contributed by atoms with van der Waals surface area (Å²) in [6.45, 7) is -2.71. The molecule has 2 aromatic carbocycles. The van der Waals surface area contributed by atoms with Crippen LogP contribution >= 0.6 is 23.1 Å². The van der Waals surface area contributed by atoms with Gasteiger partial charge in [-0.25, -0.2) is 9.97 Å². The van der Waals surface area contributed by atoms with E-state index >= 15 is 0 Å². The summed E-state index contributed by atoms with van der Waals surface area (Å²) in [5, 5.41) is 2.64. The number of rotatable bonds is 5. The quantitative estimate of drug-likeness (QED) is 0.357. The molecular weight excluding hydrogens is 426 g/mol. The van der Waals surface area contributed by atoms with Crippen molar-refractivity contribution in [2.45, 2.75) is 17.5 Å². The minimum absolute atomic E-state index is 0.185. The number of nitrogens with one attached hydrogen (secondary N) is 1. The van der Waals surface area contributed by atoms with Crippen LogP contribution in [0.4, 0.5) is 8.78 Å². The Balaban J connectivity index is 1.48. The predicted molar refractivity (Wildman–Crippen MR) is 116 cm³/mol. The lowest BCUT2D eigenvalue weighted by atomic mass is 10.1. The van der Waals surface area contributed by atoms with Crippen LogP contribution < -0.4 is 5.56 Å². The summed E-state index contributed by atoms with van der Waals surface area (Å²) in [4.78, 5) is 25.0. The average molecular weight is 441 g/mol. The highest BCUT2D eigenvalue weighted by atomic mass is 32.2. The lowest BCUT2D eigenvalue weighted by molar-refractivity contribution is 0.0656. The Labute approximate surface area is 177 Å². The number of aromatic nitrogens is 4. The number of thioether (sulfide) groups is 1. The monoisotopic (exact) mass is 440 g/mol. The number of aromatic amines is 1. The molecule has 150 valence electrons. The predicted octanol–water partition coefficient (Wildman–Crippen LogP) is 5.69. The first-order chi connectivity index (χ1) is 14.6. The highest BCUT2D eigenvalue weighted by Gasteiger charge is 2.19. The van der Waals surface area contributed by atoms with E-state index < -0.39 is 6.55 Å². The average Bonchev–Trinajstić information content (AvgIpc) is 3.34. The highest BCUT2D eigenvalue weighted by Crippen LogP contribution is 2.32. The van der Waals surface area contributed by atoms with Gasteiger partial charge in [0.1, 0.15) is 10.7 Å². The van der Waals surface area contributed by atoms with Crippen LogP contribution in [0.2, 0.25) is 0 Å². The van der Waals surface area contributed by atoms with Crippen LogP contribution in [0.25, 0.3) is 32.4 Å². The van der Waals surface area contributed by atoms with Crippen LogP contribution in [0.5, 0.6) is 0 Å². The van der Waals surface area contributed by atoms with Crippen LogP contribution in [0.3, 0.4) is 0 Å². The van der Waals surface area contributed by atoms with Crippen molar-refractivity contribution < 1.29 is 8.78 Å².